The third-order valence-electron chi connectivity index (χ3n) is 3.96. The predicted octanol–water partition coefficient (Wildman–Crippen LogP) is 5.63. The van der Waals surface area contributed by atoms with Gasteiger partial charge in [-0.15, -0.1) is 11.3 Å². The Hall–Kier alpha value is -1.91. The van der Waals surface area contributed by atoms with Gasteiger partial charge in [-0.3, -0.25) is 0 Å². The highest BCUT2D eigenvalue weighted by molar-refractivity contribution is 7.27. The summed E-state index contributed by atoms with van der Waals surface area (Å²) in [5.74, 6) is 0. The van der Waals surface area contributed by atoms with Crippen molar-refractivity contribution in [2.45, 2.75) is 6.92 Å². The van der Waals surface area contributed by atoms with E-state index in [9.17, 15) is 0 Å². The molecule has 0 radical (unpaired) electrons. The maximum absolute atomic E-state index is 4.57. The summed E-state index contributed by atoms with van der Waals surface area (Å²) < 4.78 is 2.71. The highest BCUT2D eigenvalue weighted by atomic mass is 32.1. The number of rotatable bonds is 3. The fraction of sp³-hybridized carbons (Fsp3) is 0.167. The Balaban J connectivity index is 1.93. The largest absolute Gasteiger partial charge is 0.351 e. The van der Waals surface area contributed by atoms with Gasteiger partial charge in [-0.2, -0.15) is 0 Å². The number of benzene rings is 2. The van der Waals surface area contributed by atoms with Gasteiger partial charge in [0.15, 0.2) is 5.13 Å². The molecule has 0 aliphatic heterocycles. The molecule has 110 valence electrons. The molecule has 22 heavy (non-hydrogen) atoms. The molecule has 4 rings (SSSR count). The predicted molar refractivity (Wildman–Crippen MR) is 99.4 cm³/mol. The number of hydrogen-bond acceptors (Lipinski definition) is 4. The van der Waals surface area contributed by atoms with Crippen LogP contribution in [-0.2, 0) is 0 Å². The zero-order chi connectivity index (χ0) is 15.1. The average Bonchev–Trinajstić information content (AvgIpc) is 3.18. The van der Waals surface area contributed by atoms with Crippen molar-refractivity contribution >= 4 is 48.0 Å². The molecule has 0 saturated carbocycles. The number of aromatic nitrogens is 1. The van der Waals surface area contributed by atoms with Crippen LogP contribution < -0.4 is 4.90 Å². The SMILES string of the molecule is CCN(C)c1ncc(-c2cccc3c2sc2ccccc23)s1. The molecule has 0 saturated heterocycles. The summed E-state index contributed by atoms with van der Waals surface area (Å²) in [6.45, 7) is 3.12. The Morgan fingerprint density at radius 1 is 1.00 bits per heavy atom. The number of nitrogens with zero attached hydrogens (tertiary/aromatic N) is 2. The Labute approximate surface area is 137 Å². The highest BCUT2D eigenvalue weighted by Crippen LogP contribution is 2.41. The van der Waals surface area contributed by atoms with Crippen molar-refractivity contribution in [3.05, 3.63) is 48.7 Å². The lowest BCUT2D eigenvalue weighted by molar-refractivity contribution is 0.958. The van der Waals surface area contributed by atoms with Gasteiger partial charge in [-0.05, 0) is 13.0 Å². The van der Waals surface area contributed by atoms with Crippen LogP contribution in [0.15, 0.2) is 48.7 Å². The van der Waals surface area contributed by atoms with Crippen LogP contribution in [0, 0.1) is 0 Å². The molecular formula is C18H16N2S2. The van der Waals surface area contributed by atoms with Gasteiger partial charge in [0, 0.05) is 45.5 Å². The standard InChI is InChI=1S/C18H16N2S2/c1-3-20(2)18-19-11-16(22-18)14-9-6-8-13-12-7-4-5-10-15(12)21-17(13)14/h4-11H,3H2,1-2H3. The van der Waals surface area contributed by atoms with Gasteiger partial charge in [0.1, 0.15) is 0 Å². The Bertz CT molecular complexity index is 952. The lowest BCUT2D eigenvalue weighted by Crippen LogP contribution is -2.14. The van der Waals surface area contributed by atoms with E-state index in [-0.39, 0.29) is 0 Å². The van der Waals surface area contributed by atoms with Crippen molar-refractivity contribution in [3.8, 4) is 10.4 Å². The van der Waals surface area contributed by atoms with Gasteiger partial charge in [-0.25, -0.2) is 4.98 Å². The third-order valence-corrected chi connectivity index (χ3v) is 6.33. The first kappa shape index (κ1) is 13.7. The van der Waals surface area contributed by atoms with Gasteiger partial charge in [0.05, 0.1) is 4.88 Å². The summed E-state index contributed by atoms with van der Waals surface area (Å²) >= 11 is 3.64. The topological polar surface area (TPSA) is 16.1 Å². The molecule has 0 amide bonds. The van der Waals surface area contributed by atoms with Crippen molar-refractivity contribution < 1.29 is 0 Å². The van der Waals surface area contributed by atoms with Crippen LogP contribution in [0.3, 0.4) is 0 Å². The molecule has 0 fully saturated rings. The zero-order valence-corrected chi connectivity index (χ0v) is 14.2. The second-order valence-electron chi connectivity index (χ2n) is 5.30. The van der Waals surface area contributed by atoms with Crippen LogP contribution in [-0.4, -0.2) is 18.6 Å². The minimum atomic E-state index is 0.972. The number of thiazole rings is 1. The van der Waals surface area contributed by atoms with Crippen molar-refractivity contribution in [2.24, 2.45) is 0 Å². The van der Waals surface area contributed by atoms with Crippen molar-refractivity contribution in [1.82, 2.24) is 4.98 Å². The summed E-state index contributed by atoms with van der Waals surface area (Å²) in [6.07, 6.45) is 2.01. The van der Waals surface area contributed by atoms with Gasteiger partial charge in [0.2, 0.25) is 0 Å². The van der Waals surface area contributed by atoms with Gasteiger partial charge < -0.3 is 4.90 Å². The molecule has 0 aliphatic carbocycles. The third kappa shape index (κ3) is 2.11. The van der Waals surface area contributed by atoms with E-state index >= 15 is 0 Å². The van der Waals surface area contributed by atoms with E-state index in [2.05, 4.69) is 66.3 Å². The number of fused-ring (bicyclic) bond motifs is 3. The van der Waals surface area contributed by atoms with Crippen LogP contribution in [0.25, 0.3) is 30.6 Å². The maximum Gasteiger partial charge on any atom is 0.185 e. The second-order valence-corrected chi connectivity index (χ2v) is 7.36. The summed E-state index contributed by atoms with van der Waals surface area (Å²) in [6, 6.07) is 15.2. The minimum absolute atomic E-state index is 0.972. The average molecular weight is 324 g/mol. The van der Waals surface area contributed by atoms with Gasteiger partial charge >= 0.3 is 0 Å². The van der Waals surface area contributed by atoms with Crippen LogP contribution in [0.5, 0.6) is 0 Å². The number of hydrogen-bond donors (Lipinski definition) is 0. The molecule has 4 heteroatoms. The van der Waals surface area contributed by atoms with E-state index in [0.717, 1.165) is 11.7 Å². The summed E-state index contributed by atoms with van der Waals surface area (Å²) in [4.78, 5) is 8.00. The van der Waals surface area contributed by atoms with Crippen molar-refractivity contribution in [3.63, 3.8) is 0 Å². The highest BCUT2D eigenvalue weighted by Gasteiger charge is 2.13. The fourth-order valence-corrected chi connectivity index (χ4v) is 4.91. The van der Waals surface area contributed by atoms with Crippen molar-refractivity contribution in [1.29, 1.82) is 0 Å². The van der Waals surface area contributed by atoms with Crippen LogP contribution in [0.1, 0.15) is 6.92 Å². The van der Waals surface area contributed by atoms with Crippen LogP contribution in [0.4, 0.5) is 5.13 Å². The molecule has 0 unspecified atom stereocenters. The summed E-state index contributed by atoms with van der Waals surface area (Å²) in [5, 5.41) is 3.77. The van der Waals surface area contributed by atoms with E-state index in [1.165, 1.54) is 30.6 Å². The molecule has 0 aliphatic rings. The molecule has 2 nitrogen and oxygen atoms in total. The molecule has 0 spiro atoms. The molecule has 2 aromatic carbocycles. The summed E-state index contributed by atoms with van der Waals surface area (Å²) in [7, 11) is 2.09. The molecule has 0 N–H and O–H groups in total. The Morgan fingerprint density at radius 3 is 2.68 bits per heavy atom. The van der Waals surface area contributed by atoms with E-state index in [0.29, 0.717) is 0 Å². The van der Waals surface area contributed by atoms with E-state index < -0.39 is 0 Å². The van der Waals surface area contributed by atoms with Crippen molar-refractivity contribution in [2.75, 3.05) is 18.5 Å². The molecular weight excluding hydrogens is 308 g/mol. The number of anilines is 1. The van der Waals surface area contributed by atoms with Gasteiger partial charge in [0.25, 0.3) is 0 Å². The maximum atomic E-state index is 4.57. The summed E-state index contributed by atoms with van der Waals surface area (Å²) in [5.41, 5.74) is 1.30. The van der Waals surface area contributed by atoms with Crippen LogP contribution in [0.2, 0.25) is 0 Å². The second kappa shape index (κ2) is 5.38. The smallest absolute Gasteiger partial charge is 0.185 e. The molecule has 0 bridgehead atoms. The molecule has 2 heterocycles. The first-order valence-corrected chi connectivity index (χ1v) is 8.99. The van der Waals surface area contributed by atoms with E-state index in [1.54, 1.807) is 11.3 Å². The Kier molecular flexibility index (Phi) is 3.36. The lowest BCUT2D eigenvalue weighted by atomic mass is 10.1. The van der Waals surface area contributed by atoms with Gasteiger partial charge in [-0.1, -0.05) is 47.7 Å². The minimum Gasteiger partial charge on any atom is -0.351 e. The van der Waals surface area contributed by atoms with Crippen LogP contribution >= 0.6 is 22.7 Å². The van der Waals surface area contributed by atoms with E-state index in [4.69, 9.17) is 0 Å². The first-order valence-electron chi connectivity index (χ1n) is 7.35. The quantitative estimate of drug-likeness (QED) is 0.485. The zero-order valence-electron chi connectivity index (χ0n) is 12.5. The first-order chi connectivity index (χ1) is 10.8. The molecule has 2 aromatic heterocycles. The van der Waals surface area contributed by atoms with E-state index in [1.807, 2.05) is 17.5 Å². The Morgan fingerprint density at radius 2 is 1.82 bits per heavy atom. The number of thiophene rings is 1. The molecule has 0 atom stereocenters. The lowest BCUT2D eigenvalue weighted by Gasteiger charge is -2.11. The monoisotopic (exact) mass is 324 g/mol. The normalized spacial score (nSPS) is 11.4. The fourth-order valence-electron chi connectivity index (χ4n) is 2.64. The molecule has 4 aromatic rings.